The van der Waals surface area contributed by atoms with Crippen molar-refractivity contribution in [1.82, 2.24) is 10.3 Å². The first-order chi connectivity index (χ1) is 12.3. The zero-order chi connectivity index (χ0) is 17.1. The van der Waals surface area contributed by atoms with Crippen molar-refractivity contribution in [2.24, 2.45) is 5.92 Å². The van der Waals surface area contributed by atoms with Crippen LogP contribution in [0.25, 0.3) is 0 Å². The second-order valence-electron chi connectivity index (χ2n) is 7.11. The summed E-state index contributed by atoms with van der Waals surface area (Å²) >= 11 is 0. The van der Waals surface area contributed by atoms with Crippen molar-refractivity contribution in [2.75, 3.05) is 18.0 Å². The van der Waals surface area contributed by atoms with Gasteiger partial charge < -0.3 is 10.2 Å². The molecule has 0 bridgehead atoms. The standard InChI is InChI=1S/C21H25N3O/c25-21(19-14-18(19)16-8-3-1-4-9-16)23-15-17-10-7-11-22-20(17)24-12-5-2-6-13-24/h1,3-4,7-11,18-19H,2,5-6,12-15H2,(H,23,25)/t18-,19+/m1/s1. The number of carbonyl (C=O) groups is 1. The highest BCUT2D eigenvalue weighted by Gasteiger charge is 2.43. The molecule has 0 spiro atoms. The van der Waals surface area contributed by atoms with E-state index in [0.717, 1.165) is 30.9 Å². The molecule has 25 heavy (non-hydrogen) atoms. The van der Waals surface area contributed by atoms with Crippen LogP contribution in [-0.2, 0) is 11.3 Å². The zero-order valence-corrected chi connectivity index (χ0v) is 14.5. The molecule has 1 aliphatic heterocycles. The van der Waals surface area contributed by atoms with Crippen LogP contribution in [0.5, 0.6) is 0 Å². The second-order valence-corrected chi connectivity index (χ2v) is 7.11. The predicted molar refractivity (Wildman–Crippen MR) is 99.4 cm³/mol. The summed E-state index contributed by atoms with van der Waals surface area (Å²) in [6.45, 7) is 2.70. The Morgan fingerprint density at radius 2 is 1.88 bits per heavy atom. The second kappa shape index (κ2) is 7.26. The highest BCUT2D eigenvalue weighted by atomic mass is 16.2. The van der Waals surface area contributed by atoms with Gasteiger partial charge in [0.2, 0.25) is 5.91 Å². The maximum atomic E-state index is 12.5. The lowest BCUT2D eigenvalue weighted by atomic mass is 10.1. The van der Waals surface area contributed by atoms with Gasteiger partial charge in [-0.3, -0.25) is 4.79 Å². The molecule has 1 saturated carbocycles. The van der Waals surface area contributed by atoms with E-state index in [1.54, 1.807) is 0 Å². The van der Waals surface area contributed by atoms with Crippen LogP contribution in [0.2, 0.25) is 0 Å². The van der Waals surface area contributed by atoms with Crippen LogP contribution in [0.4, 0.5) is 5.82 Å². The Hall–Kier alpha value is -2.36. The molecular weight excluding hydrogens is 310 g/mol. The van der Waals surface area contributed by atoms with Crippen LogP contribution >= 0.6 is 0 Å². The number of anilines is 1. The number of benzene rings is 1. The van der Waals surface area contributed by atoms with Crippen molar-refractivity contribution in [3.63, 3.8) is 0 Å². The third kappa shape index (κ3) is 3.68. The summed E-state index contributed by atoms with van der Waals surface area (Å²) in [6.07, 6.45) is 6.56. The maximum absolute atomic E-state index is 12.5. The van der Waals surface area contributed by atoms with Gasteiger partial charge in [-0.1, -0.05) is 36.4 Å². The molecule has 2 aliphatic rings. The van der Waals surface area contributed by atoms with Gasteiger partial charge in [0.25, 0.3) is 0 Å². The van der Waals surface area contributed by atoms with Crippen LogP contribution in [-0.4, -0.2) is 24.0 Å². The number of nitrogens with zero attached hydrogens (tertiary/aromatic N) is 2. The Morgan fingerprint density at radius 3 is 2.68 bits per heavy atom. The van der Waals surface area contributed by atoms with E-state index in [9.17, 15) is 4.79 Å². The van der Waals surface area contributed by atoms with Crippen molar-refractivity contribution in [3.05, 3.63) is 59.8 Å². The molecule has 0 unspecified atom stereocenters. The first-order valence-corrected chi connectivity index (χ1v) is 9.34. The SMILES string of the molecule is O=C(NCc1cccnc1N1CCCCC1)[C@H]1C[C@@H]1c1ccccc1. The Bertz CT molecular complexity index is 725. The van der Waals surface area contributed by atoms with Gasteiger partial charge in [-0.25, -0.2) is 4.98 Å². The molecule has 1 amide bonds. The lowest BCUT2D eigenvalue weighted by Gasteiger charge is -2.29. The summed E-state index contributed by atoms with van der Waals surface area (Å²) < 4.78 is 0. The molecule has 2 fully saturated rings. The highest BCUT2D eigenvalue weighted by molar-refractivity contribution is 5.83. The summed E-state index contributed by atoms with van der Waals surface area (Å²) in [6, 6.07) is 14.4. The van der Waals surface area contributed by atoms with E-state index >= 15 is 0 Å². The van der Waals surface area contributed by atoms with Gasteiger partial charge in [-0.2, -0.15) is 0 Å². The van der Waals surface area contributed by atoms with Gasteiger partial charge in [0, 0.05) is 37.3 Å². The van der Waals surface area contributed by atoms with Crippen molar-refractivity contribution in [2.45, 2.75) is 38.1 Å². The van der Waals surface area contributed by atoms with E-state index in [1.807, 2.05) is 30.5 Å². The predicted octanol–water partition coefficient (Wildman–Crippen LogP) is 3.49. The molecule has 1 aromatic heterocycles. The van der Waals surface area contributed by atoms with Gasteiger partial charge in [0.1, 0.15) is 5.82 Å². The van der Waals surface area contributed by atoms with E-state index in [0.29, 0.717) is 12.5 Å². The van der Waals surface area contributed by atoms with Crippen LogP contribution < -0.4 is 10.2 Å². The first kappa shape index (κ1) is 16.1. The Balaban J connectivity index is 1.37. The molecule has 4 rings (SSSR count). The van der Waals surface area contributed by atoms with Gasteiger partial charge in [-0.05, 0) is 43.2 Å². The van der Waals surface area contributed by atoms with E-state index in [4.69, 9.17) is 0 Å². The summed E-state index contributed by atoms with van der Waals surface area (Å²) in [5.74, 6) is 1.72. The van der Waals surface area contributed by atoms with E-state index in [2.05, 4.69) is 33.4 Å². The average Bonchev–Trinajstić information content (AvgIpc) is 3.49. The van der Waals surface area contributed by atoms with Gasteiger partial charge in [0.05, 0.1) is 0 Å². The average molecular weight is 335 g/mol. The third-order valence-corrected chi connectivity index (χ3v) is 5.33. The normalized spacial score (nSPS) is 22.5. The Labute approximate surface area is 149 Å². The van der Waals surface area contributed by atoms with Crippen molar-refractivity contribution in [1.29, 1.82) is 0 Å². The molecular formula is C21H25N3O. The van der Waals surface area contributed by atoms with E-state index in [1.165, 1.54) is 24.8 Å². The van der Waals surface area contributed by atoms with Gasteiger partial charge in [-0.15, -0.1) is 0 Å². The maximum Gasteiger partial charge on any atom is 0.224 e. The molecule has 2 atom stereocenters. The van der Waals surface area contributed by atoms with Crippen LogP contribution in [0.3, 0.4) is 0 Å². The number of rotatable bonds is 5. The fourth-order valence-electron chi connectivity index (χ4n) is 3.83. The number of nitrogens with one attached hydrogen (secondary N) is 1. The number of carbonyl (C=O) groups excluding carboxylic acids is 1. The number of pyridine rings is 1. The number of aromatic nitrogens is 1. The molecule has 1 aromatic carbocycles. The fourth-order valence-corrected chi connectivity index (χ4v) is 3.83. The number of amides is 1. The summed E-state index contributed by atoms with van der Waals surface area (Å²) in [4.78, 5) is 19.4. The Morgan fingerprint density at radius 1 is 1.08 bits per heavy atom. The van der Waals surface area contributed by atoms with Gasteiger partial charge >= 0.3 is 0 Å². The molecule has 4 heteroatoms. The quantitative estimate of drug-likeness (QED) is 0.910. The van der Waals surface area contributed by atoms with Gasteiger partial charge in [0.15, 0.2) is 0 Å². The number of hydrogen-bond donors (Lipinski definition) is 1. The van der Waals surface area contributed by atoms with Crippen LogP contribution in [0.1, 0.15) is 42.7 Å². The molecule has 4 nitrogen and oxygen atoms in total. The molecule has 130 valence electrons. The number of piperidine rings is 1. The summed E-state index contributed by atoms with van der Waals surface area (Å²) in [7, 11) is 0. The molecule has 2 aromatic rings. The lowest BCUT2D eigenvalue weighted by Crippen LogP contribution is -2.32. The first-order valence-electron chi connectivity index (χ1n) is 9.34. The lowest BCUT2D eigenvalue weighted by molar-refractivity contribution is -0.122. The monoisotopic (exact) mass is 335 g/mol. The van der Waals surface area contributed by atoms with Crippen LogP contribution in [0, 0.1) is 5.92 Å². The topological polar surface area (TPSA) is 45.2 Å². The molecule has 0 radical (unpaired) electrons. The molecule has 1 saturated heterocycles. The summed E-state index contributed by atoms with van der Waals surface area (Å²) in [5.41, 5.74) is 2.40. The van der Waals surface area contributed by atoms with E-state index < -0.39 is 0 Å². The highest BCUT2D eigenvalue weighted by Crippen LogP contribution is 2.47. The summed E-state index contributed by atoms with van der Waals surface area (Å²) in [5, 5.41) is 3.13. The minimum atomic E-state index is 0.123. The number of hydrogen-bond acceptors (Lipinski definition) is 3. The van der Waals surface area contributed by atoms with Crippen LogP contribution in [0.15, 0.2) is 48.7 Å². The zero-order valence-electron chi connectivity index (χ0n) is 14.5. The van der Waals surface area contributed by atoms with Crippen molar-refractivity contribution < 1.29 is 4.79 Å². The third-order valence-electron chi connectivity index (χ3n) is 5.33. The Kier molecular flexibility index (Phi) is 4.68. The van der Waals surface area contributed by atoms with Crippen molar-refractivity contribution in [3.8, 4) is 0 Å². The molecule has 2 heterocycles. The van der Waals surface area contributed by atoms with Crippen molar-refractivity contribution >= 4 is 11.7 Å². The fraction of sp³-hybridized carbons (Fsp3) is 0.429. The minimum absolute atomic E-state index is 0.123. The minimum Gasteiger partial charge on any atom is -0.356 e. The molecule has 1 aliphatic carbocycles. The smallest absolute Gasteiger partial charge is 0.224 e. The molecule has 1 N–H and O–H groups in total. The van der Waals surface area contributed by atoms with E-state index in [-0.39, 0.29) is 11.8 Å². The largest absolute Gasteiger partial charge is 0.356 e.